The quantitative estimate of drug-likeness (QED) is 0.532. The van der Waals surface area contributed by atoms with E-state index in [1.54, 1.807) is 12.1 Å². The second-order valence-electron chi connectivity index (χ2n) is 7.62. The van der Waals surface area contributed by atoms with Gasteiger partial charge in [-0.15, -0.1) is 0 Å². The van der Waals surface area contributed by atoms with Gasteiger partial charge in [-0.3, -0.25) is 4.79 Å². The molecular formula is C26H25NO4. The highest BCUT2D eigenvalue weighted by Crippen LogP contribution is 2.24. The Morgan fingerprint density at radius 3 is 2.23 bits per heavy atom. The molecule has 1 fully saturated rings. The second-order valence-corrected chi connectivity index (χ2v) is 7.62. The molecule has 1 atom stereocenters. The van der Waals surface area contributed by atoms with Crippen LogP contribution in [0.5, 0.6) is 5.75 Å². The van der Waals surface area contributed by atoms with Gasteiger partial charge in [0.1, 0.15) is 5.75 Å². The number of nitrogens with one attached hydrogen (secondary N) is 1. The number of carbonyl (C=O) groups excluding carboxylic acids is 2. The van der Waals surface area contributed by atoms with Crippen LogP contribution in [0.25, 0.3) is 0 Å². The van der Waals surface area contributed by atoms with Crippen molar-refractivity contribution in [1.29, 1.82) is 0 Å². The summed E-state index contributed by atoms with van der Waals surface area (Å²) in [7, 11) is 0. The molecule has 0 unspecified atom stereocenters. The fraction of sp³-hybridized carbons (Fsp3) is 0.231. The molecule has 1 N–H and O–H groups in total. The molecule has 158 valence electrons. The van der Waals surface area contributed by atoms with Gasteiger partial charge in [0.25, 0.3) is 5.91 Å². The van der Waals surface area contributed by atoms with Gasteiger partial charge in [-0.2, -0.15) is 0 Å². The van der Waals surface area contributed by atoms with Crippen LogP contribution in [0.4, 0.5) is 0 Å². The van der Waals surface area contributed by atoms with Crippen LogP contribution in [0, 0.1) is 0 Å². The van der Waals surface area contributed by atoms with Crippen molar-refractivity contribution in [1.82, 2.24) is 5.32 Å². The molecule has 0 heterocycles. The number of hydrogen-bond donors (Lipinski definition) is 1. The van der Waals surface area contributed by atoms with Crippen LogP contribution >= 0.6 is 0 Å². The van der Waals surface area contributed by atoms with E-state index in [2.05, 4.69) is 5.32 Å². The van der Waals surface area contributed by atoms with E-state index in [9.17, 15) is 9.59 Å². The molecule has 3 aromatic rings. The van der Waals surface area contributed by atoms with Crippen molar-refractivity contribution in [2.75, 3.05) is 6.61 Å². The van der Waals surface area contributed by atoms with Crippen molar-refractivity contribution < 1.29 is 19.1 Å². The number of carbonyl (C=O) groups is 2. The Hall–Kier alpha value is -3.60. The van der Waals surface area contributed by atoms with Crippen molar-refractivity contribution in [3.63, 3.8) is 0 Å². The summed E-state index contributed by atoms with van der Waals surface area (Å²) in [6, 6.07) is 26.9. The zero-order chi connectivity index (χ0) is 21.5. The zero-order valence-corrected chi connectivity index (χ0v) is 17.2. The fourth-order valence-corrected chi connectivity index (χ4v) is 3.31. The molecular weight excluding hydrogens is 390 g/mol. The molecule has 0 saturated heterocycles. The van der Waals surface area contributed by atoms with Crippen molar-refractivity contribution in [2.45, 2.75) is 31.4 Å². The molecule has 1 saturated carbocycles. The Morgan fingerprint density at radius 2 is 1.52 bits per heavy atom. The van der Waals surface area contributed by atoms with Crippen LogP contribution in [0.3, 0.4) is 0 Å². The molecule has 0 aromatic heterocycles. The van der Waals surface area contributed by atoms with E-state index in [4.69, 9.17) is 9.47 Å². The van der Waals surface area contributed by atoms with Gasteiger partial charge in [-0.1, -0.05) is 78.9 Å². The summed E-state index contributed by atoms with van der Waals surface area (Å²) in [6.07, 6.45) is 1.63. The Morgan fingerprint density at radius 1 is 0.871 bits per heavy atom. The molecule has 5 nitrogen and oxygen atoms in total. The summed E-state index contributed by atoms with van der Waals surface area (Å²) in [4.78, 5) is 25.2. The van der Waals surface area contributed by atoms with Crippen LogP contribution in [-0.2, 0) is 20.7 Å². The lowest BCUT2D eigenvalue weighted by atomic mass is 10.0. The van der Waals surface area contributed by atoms with Gasteiger partial charge in [-0.05, 0) is 30.0 Å². The molecule has 1 aliphatic carbocycles. The molecule has 1 amide bonds. The smallest absolute Gasteiger partial charge is 0.345 e. The SMILES string of the molecule is O=C(COc1ccccc1Cc1ccccc1)O[C@H](C(=O)NC1CC1)c1ccccc1. The number of hydrogen-bond acceptors (Lipinski definition) is 4. The standard InChI is InChI=1S/C26H25NO4/c28-24(31-25(20-11-5-2-6-12-20)26(29)27-22-15-16-22)18-30-23-14-8-7-13-21(23)17-19-9-3-1-4-10-19/h1-14,22,25H,15-18H2,(H,27,29)/t25-/m0/s1. The topological polar surface area (TPSA) is 64.6 Å². The van der Waals surface area contributed by atoms with Crippen LogP contribution in [0.15, 0.2) is 84.9 Å². The summed E-state index contributed by atoms with van der Waals surface area (Å²) in [5, 5.41) is 2.91. The zero-order valence-electron chi connectivity index (χ0n) is 17.2. The maximum Gasteiger partial charge on any atom is 0.345 e. The number of rotatable bonds is 9. The predicted molar refractivity (Wildman–Crippen MR) is 118 cm³/mol. The number of amides is 1. The minimum Gasteiger partial charge on any atom is -0.482 e. The van der Waals surface area contributed by atoms with Crippen molar-refractivity contribution in [2.24, 2.45) is 0 Å². The molecule has 1 aliphatic rings. The predicted octanol–water partition coefficient (Wildman–Crippen LogP) is 4.22. The summed E-state index contributed by atoms with van der Waals surface area (Å²) in [5.74, 6) is -0.261. The Labute approximate surface area is 182 Å². The Kier molecular flexibility index (Phi) is 6.62. The van der Waals surface area contributed by atoms with Gasteiger partial charge in [0.2, 0.25) is 6.10 Å². The number of ether oxygens (including phenoxy) is 2. The lowest BCUT2D eigenvalue weighted by molar-refractivity contribution is -0.158. The molecule has 31 heavy (non-hydrogen) atoms. The Bertz CT molecular complexity index is 1020. The van der Waals surface area contributed by atoms with Gasteiger partial charge < -0.3 is 14.8 Å². The number of para-hydroxylation sites is 1. The highest BCUT2D eigenvalue weighted by Gasteiger charge is 2.30. The molecule has 4 rings (SSSR count). The lowest BCUT2D eigenvalue weighted by Crippen LogP contribution is -2.34. The van der Waals surface area contributed by atoms with Crippen LogP contribution in [0.1, 0.15) is 35.6 Å². The van der Waals surface area contributed by atoms with Crippen molar-refractivity contribution in [3.05, 3.63) is 102 Å². The summed E-state index contributed by atoms with van der Waals surface area (Å²) < 4.78 is 11.3. The molecule has 0 spiro atoms. The molecule has 5 heteroatoms. The molecule has 0 radical (unpaired) electrons. The Balaban J connectivity index is 1.40. The monoisotopic (exact) mass is 415 g/mol. The summed E-state index contributed by atoms with van der Waals surface area (Å²) in [5.41, 5.74) is 2.77. The average Bonchev–Trinajstić information content (AvgIpc) is 3.62. The van der Waals surface area contributed by atoms with Crippen LogP contribution in [-0.4, -0.2) is 24.5 Å². The third kappa shape index (κ3) is 5.95. The number of benzene rings is 3. The van der Waals surface area contributed by atoms with Gasteiger partial charge in [0.05, 0.1) is 0 Å². The highest BCUT2D eigenvalue weighted by molar-refractivity contribution is 5.85. The van der Waals surface area contributed by atoms with E-state index in [1.807, 2.05) is 72.8 Å². The minimum atomic E-state index is -0.988. The van der Waals surface area contributed by atoms with Crippen LogP contribution in [0.2, 0.25) is 0 Å². The van der Waals surface area contributed by atoms with E-state index in [0.717, 1.165) is 24.0 Å². The molecule has 0 aliphatic heterocycles. The maximum absolute atomic E-state index is 12.6. The summed E-state index contributed by atoms with van der Waals surface area (Å²) in [6.45, 7) is -0.272. The highest BCUT2D eigenvalue weighted by atomic mass is 16.6. The third-order valence-electron chi connectivity index (χ3n) is 5.07. The maximum atomic E-state index is 12.6. The van der Waals surface area contributed by atoms with Gasteiger partial charge in [0, 0.05) is 18.0 Å². The number of esters is 1. The first-order valence-electron chi connectivity index (χ1n) is 10.5. The molecule has 0 bridgehead atoms. The summed E-state index contributed by atoms with van der Waals surface area (Å²) >= 11 is 0. The van der Waals surface area contributed by atoms with E-state index < -0.39 is 12.1 Å². The van der Waals surface area contributed by atoms with E-state index in [-0.39, 0.29) is 18.6 Å². The third-order valence-corrected chi connectivity index (χ3v) is 5.07. The average molecular weight is 415 g/mol. The van der Waals surface area contributed by atoms with Crippen LogP contribution < -0.4 is 10.1 Å². The molecule has 3 aromatic carbocycles. The normalized spacial score (nSPS) is 13.8. The van der Waals surface area contributed by atoms with Crippen molar-refractivity contribution in [3.8, 4) is 5.75 Å². The first-order valence-corrected chi connectivity index (χ1v) is 10.5. The van der Waals surface area contributed by atoms with E-state index in [1.165, 1.54) is 0 Å². The first-order chi connectivity index (χ1) is 15.2. The largest absolute Gasteiger partial charge is 0.482 e. The fourth-order valence-electron chi connectivity index (χ4n) is 3.31. The second kappa shape index (κ2) is 9.94. The van der Waals surface area contributed by atoms with Crippen molar-refractivity contribution >= 4 is 11.9 Å². The lowest BCUT2D eigenvalue weighted by Gasteiger charge is -2.18. The van der Waals surface area contributed by atoms with E-state index >= 15 is 0 Å². The first kappa shape index (κ1) is 20.7. The minimum absolute atomic E-state index is 0.179. The van der Waals surface area contributed by atoms with Gasteiger partial charge in [0.15, 0.2) is 6.61 Å². The van der Waals surface area contributed by atoms with Gasteiger partial charge >= 0.3 is 5.97 Å². The van der Waals surface area contributed by atoms with Gasteiger partial charge in [-0.25, -0.2) is 4.79 Å². The van der Waals surface area contributed by atoms with E-state index in [0.29, 0.717) is 17.7 Å².